The first-order valence-electron chi connectivity index (χ1n) is 11.0. The van der Waals surface area contributed by atoms with Crippen molar-refractivity contribution < 1.29 is 4.74 Å². The van der Waals surface area contributed by atoms with Crippen LogP contribution in [0.3, 0.4) is 0 Å². The lowest BCUT2D eigenvalue weighted by Gasteiger charge is -2.33. The molecule has 1 aromatic carbocycles. The molecule has 2 fully saturated rings. The molecule has 1 aromatic rings. The average Bonchev–Trinajstić information content (AvgIpc) is 3.48. The van der Waals surface area contributed by atoms with Gasteiger partial charge in [-0.1, -0.05) is 30.3 Å². The van der Waals surface area contributed by atoms with Gasteiger partial charge in [-0.15, -0.1) is 24.0 Å². The van der Waals surface area contributed by atoms with Gasteiger partial charge in [0.25, 0.3) is 0 Å². The van der Waals surface area contributed by atoms with Crippen molar-refractivity contribution in [3.63, 3.8) is 0 Å². The highest BCUT2D eigenvalue weighted by atomic mass is 127. The van der Waals surface area contributed by atoms with Crippen LogP contribution in [0.15, 0.2) is 35.3 Å². The average molecular weight is 514 g/mol. The molecule has 164 valence electrons. The minimum atomic E-state index is 0. The molecule has 0 spiro atoms. The fourth-order valence-corrected chi connectivity index (χ4v) is 4.09. The maximum Gasteiger partial charge on any atom is 0.191 e. The Morgan fingerprint density at radius 3 is 2.55 bits per heavy atom. The number of rotatable bonds is 10. The van der Waals surface area contributed by atoms with Crippen LogP contribution in [-0.2, 0) is 11.2 Å². The molecule has 1 saturated heterocycles. The second-order valence-corrected chi connectivity index (χ2v) is 8.46. The van der Waals surface area contributed by atoms with E-state index in [1.54, 1.807) is 7.11 Å². The van der Waals surface area contributed by atoms with Crippen LogP contribution in [0, 0.1) is 5.41 Å². The maximum absolute atomic E-state index is 5.17. The van der Waals surface area contributed by atoms with Crippen LogP contribution in [0.2, 0.25) is 0 Å². The lowest BCUT2D eigenvalue weighted by Crippen LogP contribution is -2.49. The van der Waals surface area contributed by atoms with Gasteiger partial charge < -0.3 is 20.3 Å². The second kappa shape index (κ2) is 12.7. The number of methoxy groups -OCH3 is 1. The van der Waals surface area contributed by atoms with E-state index in [1.165, 1.54) is 44.3 Å². The Kier molecular flexibility index (Phi) is 10.7. The third-order valence-corrected chi connectivity index (χ3v) is 6.05. The summed E-state index contributed by atoms with van der Waals surface area (Å²) in [6.07, 6.45) is 7.24. The third kappa shape index (κ3) is 8.42. The standard InChI is InChI=1S/C23H38N4O.HI/c1-3-24-22(26-21-10-15-27(16-11-21)14-7-17-28-2)25-19-23(12-13-23)18-20-8-5-4-6-9-20;/h4-6,8-9,21H,3,7,10-19H2,1-2H3,(H2,24,25,26);1H. The number of halogens is 1. The van der Waals surface area contributed by atoms with Crippen molar-refractivity contribution in [3.05, 3.63) is 35.9 Å². The summed E-state index contributed by atoms with van der Waals surface area (Å²) in [5, 5.41) is 7.15. The minimum absolute atomic E-state index is 0. The van der Waals surface area contributed by atoms with E-state index in [-0.39, 0.29) is 24.0 Å². The van der Waals surface area contributed by atoms with E-state index in [9.17, 15) is 0 Å². The molecule has 0 amide bonds. The molecular formula is C23H39IN4O. The Morgan fingerprint density at radius 1 is 1.21 bits per heavy atom. The largest absolute Gasteiger partial charge is 0.385 e. The highest BCUT2D eigenvalue weighted by molar-refractivity contribution is 14.0. The zero-order chi connectivity index (χ0) is 19.7. The first-order valence-corrected chi connectivity index (χ1v) is 11.0. The topological polar surface area (TPSA) is 48.9 Å². The molecule has 1 aliphatic carbocycles. The van der Waals surface area contributed by atoms with Gasteiger partial charge in [-0.2, -0.15) is 0 Å². The Labute approximate surface area is 194 Å². The van der Waals surface area contributed by atoms with Crippen LogP contribution in [-0.4, -0.2) is 63.3 Å². The monoisotopic (exact) mass is 514 g/mol. The predicted molar refractivity (Wildman–Crippen MR) is 132 cm³/mol. The molecular weight excluding hydrogens is 475 g/mol. The van der Waals surface area contributed by atoms with E-state index in [2.05, 4.69) is 52.8 Å². The third-order valence-electron chi connectivity index (χ3n) is 6.05. The number of likely N-dealkylation sites (tertiary alicyclic amines) is 1. The predicted octanol–water partition coefficient (Wildman–Crippen LogP) is 3.68. The van der Waals surface area contributed by atoms with Gasteiger partial charge in [0.2, 0.25) is 0 Å². The maximum atomic E-state index is 5.17. The van der Waals surface area contributed by atoms with Crippen LogP contribution in [0.4, 0.5) is 0 Å². The molecule has 1 aliphatic heterocycles. The molecule has 0 radical (unpaired) electrons. The van der Waals surface area contributed by atoms with Crippen molar-refractivity contribution in [2.45, 2.75) is 51.5 Å². The van der Waals surface area contributed by atoms with Crippen molar-refractivity contribution in [3.8, 4) is 0 Å². The number of hydrogen-bond donors (Lipinski definition) is 2. The molecule has 6 heteroatoms. The normalized spacial score (nSPS) is 19.4. The lowest BCUT2D eigenvalue weighted by molar-refractivity contribution is 0.155. The summed E-state index contributed by atoms with van der Waals surface area (Å²) in [6, 6.07) is 11.4. The Balaban J connectivity index is 0.00000300. The highest BCUT2D eigenvalue weighted by Gasteiger charge is 2.42. The SMILES string of the molecule is CCNC(=NCC1(Cc2ccccc2)CC1)NC1CCN(CCCOC)CC1.I. The smallest absolute Gasteiger partial charge is 0.191 e. The van der Waals surface area contributed by atoms with Crippen molar-refractivity contribution in [2.75, 3.05) is 46.4 Å². The van der Waals surface area contributed by atoms with Crippen molar-refractivity contribution >= 4 is 29.9 Å². The number of hydrogen-bond acceptors (Lipinski definition) is 3. The summed E-state index contributed by atoms with van der Waals surface area (Å²) in [5.41, 5.74) is 1.82. The summed E-state index contributed by atoms with van der Waals surface area (Å²) >= 11 is 0. The Hall–Kier alpha value is -0.860. The molecule has 0 atom stereocenters. The zero-order valence-corrected chi connectivity index (χ0v) is 20.5. The van der Waals surface area contributed by atoms with Crippen LogP contribution in [0.5, 0.6) is 0 Å². The molecule has 1 heterocycles. The van der Waals surface area contributed by atoms with Crippen LogP contribution >= 0.6 is 24.0 Å². The van der Waals surface area contributed by atoms with Gasteiger partial charge in [-0.05, 0) is 56.4 Å². The van der Waals surface area contributed by atoms with E-state index >= 15 is 0 Å². The summed E-state index contributed by atoms with van der Waals surface area (Å²) in [7, 11) is 1.78. The summed E-state index contributed by atoms with van der Waals surface area (Å²) in [6.45, 7) is 8.32. The minimum Gasteiger partial charge on any atom is -0.385 e. The van der Waals surface area contributed by atoms with E-state index in [4.69, 9.17) is 9.73 Å². The molecule has 2 N–H and O–H groups in total. The van der Waals surface area contributed by atoms with E-state index in [1.807, 2.05) is 0 Å². The van der Waals surface area contributed by atoms with Gasteiger partial charge in [0.15, 0.2) is 5.96 Å². The van der Waals surface area contributed by atoms with E-state index in [0.29, 0.717) is 11.5 Å². The first-order chi connectivity index (χ1) is 13.7. The first kappa shape index (κ1) is 24.4. The van der Waals surface area contributed by atoms with Gasteiger partial charge >= 0.3 is 0 Å². The van der Waals surface area contributed by atoms with Crippen molar-refractivity contribution in [1.29, 1.82) is 0 Å². The second-order valence-electron chi connectivity index (χ2n) is 8.46. The van der Waals surface area contributed by atoms with Gasteiger partial charge in [0.05, 0.1) is 0 Å². The van der Waals surface area contributed by atoms with Gasteiger partial charge in [0.1, 0.15) is 0 Å². The Bertz CT molecular complexity index is 598. The van der Waals surface area contributed by atoms with Gasteiger partial charge in [0, 0.05) is 52.5 Å². The lowest BCUT2D eigenvalue weighted by atomic mass is 9.97. The molecule has 1 saturated carbocycles. The number of nitrogens with one attached hydrogen (secondary N) is 2. The molecule has 0 unspecified atom stereocenters. The number of nitrogens with zero attached hydrogens (tertiary/aromatic N) is 2. The number of benzene rings is 1. The molecule has 29 heavy (non-hydrogen) atoms. The highest BCUT2D eigenvalue weighted by Crippen LogP contribution is 2.48. The van der Waals surface area contributed by atoms with Crippen molar-refractivity contribution in [2.24, 2.45) is 10.4 Å². The van der Waals surface area contributed by atoms with Gasteiger partial charge in [-0.25, -0.2) is 0 Å². The fraction of sp³-hybridized carbons (Fsp3) is 0.696. The molecule has 0 bridgehead atoms. The van der Waals surface area contributed by atoms with E-state index in [0.717, 1.165) is 45.0 Å². The number of guanidine groups is 1. The molecule has 2 aliphatic rings. The molecule has 5 nitrogen and oxygen atoms in total. The Morgan fingerprint density at radius 2 is 1.93 bits per heavy atom. The summed E-state index contributed by atoms with van der Waals surface area (Å²) in [4.78, 5) is 7.54. The van der Waals surface area contributed by atoms with Crippen molar-refractivity contribution in [1.82, 2.24) is 15.5 Å². The molecule has 0 aromatic heterocycles. The van der Waals surface area contributed by atoms with E-state index < -0.39 is 0 Å². The molecule has 3 rings (SSSR count). The number of piperidine rings is 1. The summed E-state index contributed by atoms with van der Waals surface area (Å²) in [5.74, 6) is 1.000. The summed E-state index contributed by atoms with van der Waals surface area (Å²) < 4.78 is 5.17. The number of aliphatic imine (C=N–C) groups is 1. The fourth-order valence-electron chi connectivity index (χ4n) is 4.09. The number of ether oxygens (including phenoxy) is 1. The van der Waals surface area contributed by atoms with Crippen LogP contribution < -0.4 is 10.6 Å². The van der Waals surface area contributed by atoms with Crippen LogP contribution in [0.25, 0.3) is 0 Å². The zero-order valence-electron chi connectivity index (χ0n) is 18.2. The van der Waals surface area contributed by atoms with Gasteiger partial charge in [-0.3, -0.25) is 4.99 Å². The quantitative estimate of drug-likeness (QED) is 0.217. The van der Waals surface area contributed by atoms with Crippen LogP contribution in [0.1, 0.15) is 44.6 Å².